The van der Waals surface area contributed by atoms with Gasteiger partial charge in [0.05, 0.1) is 0 Å². The molecule has 3 nitrogen and oxygen atoms in total. The molecule has 1 spiro atoms. The van der Waals surface area contributed by atoms with Gasteiger partial charge >= 0.3 is 0 Å². The molecule has 1 amide bonds. The number of carbonyl (C=O) groups is 1. The van der Waals surface area contributed by atoms with E-state index in [0.717, 1.165) is 24.3 Å². The molecule has 1 aromatic carbocycles. The molecule has 2 heterocycles. The van der Waals surface area contributed by atoms with Crippen LogP contribution in [0.25, 0.3) is 0 Å². The van der Waals surface area contributed by atoms with Gasteiger partial charge in [0.2, 0.25) is 5.91 Å². The average molecular weight is 251 g/mol. The predicted molar refractivity (Wildman–Crippen MR) is 68.6 cm³/mol. The van der Waals surface area contributed by atoms with Crippen molar-refractivity contribution in [3.05, 3.63) is 28.8 Å². The van der Waals surface area contributed by atoms with Crippen LogP contribution < -0.4 is 10.2 Å². The van der Waals surface area contributed by atoms with Crippen LogP contribution in [0.5, 0.6) is 0 Å². The van der Waals surface area contributed by atoms with Crippen LogP contribution in [-0.4, -0.2) is 25.0 Å². The molecule has 1 saturated heterocycles. The largest absolute Gasteiger partial charge is 0.314 e. The van der Waals surface area contributed by atoms with E-state index >= 15 is 0 Å². The van der Waals surface area contributed by atoms with E-state index in [-0.39, 0.29) is 17.4 Å². The van der Waals surface area contributed by atoms with Gasteiger partial charge < -0.3 is 10.2 Å². The third-order valence-corrected chi connectivity index (χ3v) is 3.97. The first-order valence-electron chi connectivity index (χ1n) is 5.91. The maximum absolute atomic E-state index is 12.6. The predicted octanol–water partition coefficient (Wildman–Crippen LogP) is 1.94. The number of hydrogen-bond acceptors (Lipinski definition) is 2. The molecule has 1 N–H and O–H groups in total. The van der Waals surface area contributed by atoms with Gasteiger partial charge in [0.15, 0.2) is 0 Å². The van der Waals surface area contributed by atoms with E-state index in [9.17, 15) is 4.79 Å². The fraction of sp³-hybridized carbons (Fsp3) is 0.462. The number of nitrogens with one attached hydrogen (secondary N) is 1. The zero-order valence-corrected chi connectivity index (χ0v) is 10.7. The van der Waals surface area contributed by atoms with Crippen LogP contribution in [0.4, 0.5) is 5.69 Å². The average Bonchev–Trinajstić information content (AvgIpc) is 2.44. The smallest absolute Gasteiger partial charge is 0.240 e. The molecule has 1 fully saturated rings. The molecule has 3 rings (SSSR count). The second-order valence-electron chi connectivity index (χ2n) is 5.12. The molecule has 0 saturated carbocycles. The van der Waals surface area contributed by atoms with E-state index in [1.807, 2.05) is 36.9 Å². The highest BCUT2D eigenvalue weighted by atomic mass is 35.5. The normalized spacial score (nSPS) is 20.9. The molecule has 0 unspecified atom stereocenters. The van der Waals surface area contributed by atoms with Crippen LogP contribution in [0.2, 0.25) is 5.02 Å². The molecule has 4 heteroatoms. The van der Waals surface area contributed by atoms with E-state index in [4.69, 9.17) is 11.6 Å². The zero-order chi connectivity index (χ0) is 12.2. The SMILES string of the molecule is CC(C)N1C(=O)C2(CNC2)c2ccc(Cl)cc21. The van der Waals surface area contributed by atoms with Crippen molar-refractivity contribution in [3.63, 3.8) is 0 Å². The van der Waals surface area contributed by atoms with Crippen LogP contribution in [0.15, 0.2) is 18.2 Å². The molecule has 0 radical (unpaired) electrons. The summed E-state index contributed by atoms with van der Waals surface area (Å²) < 4.78 is 0. The van der Waals surface area contributed by atoms with E-state index in [0.29, 0.717) is 5.02 Å². The van der Waals surface area contributed by atoms with Gasteiger partial charge in [-0.2, -0.15) is 0 Å². The zero-order valence-electron chi connectivity index (χ0n) is 9.96. The highest BCUT2D eigenvalue weighted by Crippen LogP contribution is 2.46. The Hall–Kier alpha value is -1.06. The molecular weight excluding hydrogens is 236 g/mol. The molecular formula is C13H15ClN2O. The first-order chi connectivity index (χ1) is 8.06. The Labute approximate surface area is 106 Å². The van der Waals surface area contributed by atoms with Crippen LogP contribution >= 0.6 is 11.6 Å². The van der Waals surface area contributed by atoms with E-state index in [1.165, 1.54) is 0 Å². The minimum atomic E-state index is -0.329. The lowest BCUT2D eigenvalue weighted by atomic mass is 9.76. The Kier molecular flexibility index (Phi) is 2.25. The monoisotopic (exact) mass is 250 g/mol. The minimum Gasteiger partial charge on any atom is -0.314 e. The number of nitrogens with zero attached hydrogens (tertiary/aromatic N) is 1. The van der Waals surface area contributed by atoms with E-state index in [1.54, 1.807) is 0 Å². The highest BCUT2D eigenvalue weighted by Gasteiger charge is 2.55. The lowest BCUT2D eigenvalue weighted by Gasteiger charge is -2.38. The highest BCUT2D eigenvalue weighted by molar-refractivity contribution is 6.31. The Morgan fingerprint density at radius 2 is 2.12 bits per heavy atom. The molecule has 2 aliphatic rings. The van der Waals surface area contributed by atoms with Crippen molar-refractivity contribution in [3.8, 4) is 0 Å². The van der Waals surface area contributed by atoms with Crippen molar-refractivity contribution in [1.29, 1.82) is 0 Å². The lowest BCUT2D eigenvalue weighted by Crippen LogP contribution is -2.62. The Bertz CT molecular complexity index is 494. The number of amides is 1. The van der Waals surface area contributed by atoms with Crippen LogP contribution in [0, 0.1) is 0 Å². The number of halogens is 1. The minimum absolute atomic E-state index is 0.166. The number of anilines is 1. The van der Waals surface area contributed by atoms with Gasteiger partial charge in [0.25, 0.3) is 0 Å². The third kappa shape index (κ3) is 1.30. The topological polar surface area (TPSA) is 32.3 Å². The lowest BCUT2D eigenvalue weighted by molar-refractivity contribution is -0.125. The van der Waals surface area contributed by atoms with Gasteiger partial charge in [-0.15, -0.1) is 0 Å². The summed E-state index contributed by atoms with van der Waals surface area (Å²) in [5.74, 6) is 0.212. The number of fused-ring (bicyclic) bond motifs is 2. The quantitative estimate of drug-likeness (QED) is 0.826. The van der Waals surface area contributed by atoms with Gasteiger partial charge in [0.1, 0.15) is 5.41 Å². The summed E-state index contributed by atoms with van der Waals surface area (Å²) in [6.07, 6.45) is 0. The van der Waals surface area contributed by atoms with Crippen molar-refractivity contribution < 1.29 is 4.79 Å². The molecule has 0 aliphatic carbocycles. The Balaban J connectivity index is 2.19. The molecule has 0 bridgehead atoms. The number of benzene rings is 1. The fourth-order valence-electron chi connectivity index (χ4n) is 2.79. The molecule has 2 aliphatic heterocycles. The Morgan fingerprint density at radius 1 is 1.41 bits per heavy atom. The number of carbonyl (C=O) groups excluding carboxylic acids is 1. The third-order valence-electron chi connectivity index (χ3n) is 3.73. The van der Waals surface area contributed by atoms with Gasteiger partial charge in [-0.25, -0.2) is 0 Å². The van der Waals surface area contributed by atoms with Crippen molar-refractivity contribution in [1.82, 2.24) is 5.32 Å². The number of rotatable bonds is 1. The summed E-state index contributed by atoms with van der Waals surface area (Å²) in [6.45, 7) is 5.55. The van der Waals surface area contributed by atoms with Crippen molar-refractivity contribution in [2.75, 3.05) is 18.0 Å². The summed E-state index contributed by atoms with van der Waals surface area (Å²) in [6, 6.07) is 5.94. The molecule has 1 aromatic rings. The van der Waals surface area contributed by atoms with Crippen LogP contribution in [-0.2, 0) is 10.2 Å². The summed E-state index contributed by atoms with van der Waals surface area (Å²) in [5, 5.41) is 3.90. The first-order valence-corrected chi connectivity index (χ1v) is 6.28. The van der Waals surface area contributed by atoms with Crippen molar-refractivity contribution in [2.45, 2.75) is 25.3 Å². The maximum atomic E-state index is 12.6. The summed E-state index contributed by atoms with van der Waals surface area (Å²) in [7, 11) is 0. The Morgan fingerprint density at radius 3 is 2.65 bits per heavy atom. The van der Waals surface area contributed by atoms with Crippen LogP contribution in [0.3, 0.4) is 0 Å². The van der Waals surface area contributed by atoms with Crippen molar-refractivity contribution in [2.24, 2.45) is 0 Å². The van der Waals surface area contributed by atoms with Gasteiger partial charge in [-0.1, -0.05) is 17.7 Å². The van der Waals surface area contributed by atoms with Gasteiger partial charge in [-0.05, 0) is 31.5 Å². The van der Waals surface area contributed by atoms with Crippen molar-refractivity contribution >= 4 is 23.2 Å². The molecule has 0 aromatic heterocycles. The first kappa shape index (κ1) is 11.1. The molecule has 17 heavy (non-hydrogen) atoms. The fourth-order valence-corrected chi connectivity index (χ4v) is 2.96. The number of hydrogen-bond donors (Lipinski definition) is 1. The van der Waals surface area contributed by atoms with Gasteiger partial charge in [-0.3, -0.25) is 4.79 Å². The maximum Gasteiger partial charge on any atom is 0.240 e. The molecule has 0 atom stereocenters. The summed E-state index contributed by atoms with van der Waals surface area (Å²) in [5.41, 5.74) is 1.78. The summed E-state index contributed by atoms with van der Waals surface area (Å²) >= 11 is 6.04. The van der Waals surface area contributed by atoms with E-state index in [2.05, 4.69) is 5.32 Å². The summed E-state index contributed by atoms with van der Waals surface area (Å²) in [4.78, 5) is 14.4. The standard InChI is InChI=1S/C13H15ClN2O/c1-8(2)16-11-5-9(14)3-4-10(11)13(12(16)17)6-15-7-13/h3-5,8,15H,6-7H2,1-2H3. The van der Waals surface area contributed by atoms with E-state index < -0.39 is 0 Å². The van der Waals surface area contributed by atoms with Crippen LogP contribution in [0.1, 0.15) is 19.4 Å². The molecule has 90 valence electrons. The van der Waals surface area contributed by atoms with Gasteiger partial charge in [0, 0.05) is 29.8 Å². The second kappa shape index (κ2) is 3.47. The second-order valence-corrected chi connectivity index (χ2v) is 5.55.